The molecule has 0 spiro atoms. The Labute approximate surface area is 120 Å². The number of amides is 1. The summed E-state index contributed by atoms with van der Waals surface area (Å²) in [6.45, 7) is 0.369. The molecule has 3 rings (SSSR count). The molecule has 2 aromatic rings. The quantitative estimate of drug-likeness (QED) is 0.648. The van der Waals surface area contributed by atoms with Crippen molar-refractivity contribution in [3.63, 3.8) is 0 Å². The van der Waals surface area contributed by atoms with Crippen LogP contribution < -0.4 is 16.4 Å². The first kappa shape index (κ1) is 13.0. The number of hydrogen-bond donors (Lipinski definition) is 4. The van der Waals surface area contributed by atoms with Gasteiger partial charge in [0.15, 0.2) is 0 Å². The number of nitrogen functional groups attached to an aromatic ring is 1. The van der Waals surface area contributed by atoms with E-state index in [0.717, 1.165) is 22.5 Å². The van der Waals surface area contributed by atoms with Crippen LogP contribution in [0.25, 0.3) is 0 Å². The molecule has 20 heavy (non-hydrogen) atoms. The monoisotopic (exact) mass is 289 g/mol. The molecule has 1 aromatic carbocycles. The molecule has 0 radical (unpaired) electrons. The number of hydrogen-bond acceptors (Lipinski definition) is 5. The fraction of sp³-hybridized carbons (Fsp3) is 0.214. The Morgan fingerprint density at radius 3 is 3.10 bits per heavy atom. The summed E-state index contributed by atoms with van der Waals surface area (Å²) in [7, 11) is 0. The number of nitrogens with one attached hydrogen (secondary N) is 2. The van der Waals surface area contributed by atoms with Crippen LogP contribution in [0, 0.1) is 0 Å². The van der Waals surface area contributed by atoms with Crippen LogP contribution in [0.4, 0.5) is 17.1 Å². The van der Waals surface area contributed by atoms with Gasteiger partial charge in [-0.2, -0.15) is 11.3 Å². The minimum absolute atomic E-state index is 0.0187. The lowest BCUT2D eigenvalue weighted by Gasteiger charge is -2.14. The fourth-order valence-electron chi connectivity index (χ4n) is 2.24. The molecule has 0 aliphatic carbocycles. The highest BCUT2D eigenvalue weighted by Gasteiger charge is 2.19. The van der Waals surface area contributed by atoms with Crippen molar-refractivity contribution in [1.29, 1.82) is 0 Å². The van der Waals surface area contributed by atoms with E-state index in [1.807, 2.05) is 22.9 Å². The van der Waals surface area contributed by atoms with Crippen molar-refractivity contribution in [2.75, 3.05) is 22.9 Å². The van der Waals surface area contributed by atoms with Crippen molar-refractivity contribution < 1.29 is 9.90 Å². The molecular weight excluding hydrogens is 274 g/mol. The Bertz CT molecular complexity index is 640. The number of carbonyl (C=O) groups excluding carboxylic acids is 1. The van der Waals surface area contributed by atoms with Crippen molar-refractivity contribution in [2.45, 2.75) is 12.5 Å². The molecule has 0 fully saturated rings. The van der Waals surface area contributed by atoms with E-state index in [9.17, 15) is 9.90 Å². The van der Waals surface area contributed by atoms with Gasteiger partial charge in [0.1, 0.15) is 0 Å². The number of thiophene rings is 1. The zero-order chi connectivity index (χ0) is 14.1. The standard InChI is InChI=1S/C14H15N3O2S/c15-10-3-9-4-14(19)17-11(9)5-12(10)16-6-13(18)8-1-2-20-7-8/h1-3,5,7,13,16,18H,4,6,15H2,(H,17,19). The topological polar surface area (TPSA) is 87.4 Å². The summed E-state index contributed by atoms with van der Waals surface area (Å²) in [5, 5.41) is 19.8. The lowest BCUT2D eigenvalue weighted by molar-refractivity contribution is -0.115. The van der Waals surface area contributed by atoms with E-state index >= 15 is 0 Å². The second-order valence-corrected chi connectivity index (χ2v) is 5.55. The molecule has 1 aromatic heterocycles. The third-order valence-electron chi connectivity index (χ3n) is 3.31. The van der Waals surface area contributed by atoms with Crippen molar-refractivity contribution in [3.05, 3.63) is 40.1 Å². The summed E-state index contributed by atoms with van der Waals surface area (Å²) in [6, 6.07) is 5.51. The van der Waals surface area contributed by atoms with Crippen molar-refractivity contribution in [1.82, 2.24) is 0 Å². The Morgan fingerprint density at radius 2 is 2.35 bits per heavy atom. The number of aliphatic hydroxyl groups is 1. The largest absolute Gasteiger partial charge is 0.397 e. The minimum atomic E-state index is -0.580. The highest BCUT2D eigenvalue weighted by molar-refractivity contribution is 7.07. The summed E-state index contributed by atoms with van der Waals surface area (Å²) in [6.07, 6.45) is -0.208. The van der Waals surface area contributed by atoms with E-state index in [1.54, 1.807) is 17.4 Å². The maximum atomic E-state index is 11.3. The summed E-state index contributed by atoms with van der Waals surface area (Å²) < 4.78 is 0. The molecule has 1 aliphatic heterocycles. The lowest BCUT2D eigenvalue weighted by Crippen LogP contribution is -2.12. The van der Waals surface area contributed by atoms with Gasteiger partial charge in [0, 0.05) is 12.2 Å². The highest BCUT2D eigenvalue weighted by atomic mass is 32.1. The summed E-state index contributed by atoms with van der Waals surface area (Å²) in [5.74, 6) is -0.0187. The van der Waals surface area contributed by atoms with E-state index in [2.05, 4.69) is 10.6 Å². The molecule has 5 N–H and O–H groups in total. The van der Waals surface area contributed by atoms with Gasteiger partial charge in [-0.15, -0.1) is 0 Å². The van der Waals surface area contributed by atoms with Crippen molar-refractivity contribution in [3.8, 4) is 0 Å². The van der Waals surface area contributed by atoms with Gasteiger partial charge in [-0.3, -0.25) is 4.79 Å². The third-order valence-corrected chi connectivity index (χ3v) is 4.02. The normalized spacial score (nSPS) is 14.8. The van der Waals surface area contributed by atoms with E-state index < -0.39 is 6.10 Å². The SMILES string of the molecule is Nc1cc2c(cc1NCC(O)c1ccsc1)NC(=O)C2. The van der Waals surface area contributed by atoms with E-state index in [1.165, 1.54) is 0 Å². The summed E-state index contributed by atoms with van der Waals surface area (Å²) >= 11 is 1.55. The van der Waals surface area contributed by atoms with Crippen molar-refractivity contribution >= 4 is 34.3 Å². The van der Waals surface area contributed by atoms with Crippen LogP contribution in [0.15, 0.2) is 29.0 Å². The number of aliphatic hydroxyl groups excluding tert-OH is 1. The van der Waals surface area contributed by atoms with Crippen LogP contribution in [0.3, 0.4) is 0 Å². The molecule has 6 heteroatoms. The van der Waals surface area contributed by atoms with Crippen LogP contribution in [-0.2, 0) is 11.2 Å². The average molecular weight is 289 g/mol. The van der Waals surface area contributed by atoms with Gasteiger partial charge in [-0.25, -0.2) is 0 Å². The van der Waals surface area contributed by atoms with Gasteiger partial charge in [0.25, 0.3) is 0 Å². The predicted octanol–water partition coefficient (Wildman–Crippen LogP) is 1.97. The minimum Gasteiger partial charge on any atom is -0.397 e. The molecule has 5 nitrogen and oxygen atoms in total. The maximum absolute atomic E-state index is 11.3. The zero-order valence-electron chi connectivity index (χ0n) is 10.7. The summed E-state index contributed by atoms with van der Waals surface area (Å²) in [5.41, 5.74) is 9.85. The molecule has 0 saturated heterocycles. The number of rotatable bonds is 4. The number of nitrogens with two attached hydrogens (primary N) is 1. The number of benzene rings is 1. The molecule has 1 unspecified atom stereocenters. The van der Waals surface area contributed by atoms with Crippen LogP contribution in [0.1, 0.15) is 17.2 Å². The predicted molar refractivity (Wildman–Crippen MR) is 81.0 cm³/mol. The first-order valence-electron chi connectivity index (χ1n) is 6.30. The molecule has 104 valence electrons. The van der Waals surface area contributed by atoms with E-state index in [0.29, 0.717) is 18.7 Å². The highest BCUT2D eigenvalue weighted by Crippen LogP contribution is 2.31. The second kappa shape index (κ2) is 5.15. The van der Waals surface area contributed by atoms with Crippen LogP contribution in [-0.4, -0.2) is 17.6 Å². The van der Waals surface area contributed by atoms with Crippen LogP contribution >= 0.6 is 11.3 Å². The second-order valence-electron chi connectivity index (χ2n) is 4.77. The Kier molecular flexibility index (Phi) is 3.33. The molecular formula is C14H15N3O2S. The maximum Gasteiger partial charge on any atom is 0.228 e. The Hall–Kier alpha value is -2.05. The smallest absolute Gasteiger partial charge is 0.228 e. The molecule has 1 atom stereocenters. The molecule has 1 amide bonds. The lowest BCUT2D eigenvalue weighted by atomic mass is 10.1. The fourth-order valence-corrected chi connectivity index (χ4v) is 2.94. The molecule has 0 bridgehead atoms. The number of fused-ring (bicyclic) bond motifs is 1. The Morgan fingerprint density at radius 1 is 1.50 bits per heavy atom. The molecule has 0 saturated carbocycles. The van der Waals surface area contributed by atoms with E-state index in [-0.39, 0.29) is 5.91 Å². The van der Waals surface area contributed by atoms with Crippen molar-refractivity contribution in [2.24, 2.45) is 0 Å². The Balaban J connectivity index is 1.72. The van der Waals surface area contributed by atoms with Gasteiger partial charge in [0.05, 0.1) is 23.9 Å². The number of carbonyl (C=O) groups is 1. The van der Waals surface area contributed by atoms with Gasteiger partial charge < -0.3 is 21.5 Å². The van der Waals surface area contributed by atoms with Gasteiger partial charge >= 0.3 is 0 Å². The summed E-state index contributed by atoms with van der Waals surface area (Å²) in [4.78, 5) is 11.3. The third kappa shape index (κ3) is 2.48. The van der Waals surface area contributed by atoms with Gasteiger partial charge in [-0.05, 0) is 40.1 Å². The first-order chi connectivity index (χ1) is 9.63. The van der Waals surface area contributed by atoms with Gasteiger partial charge in [-0.1, -0.05) is 0 Å². The molecule has 1 aliphatic rings. The zero-order valence-corrected chi connectivity index (χ0v) is 11.5. The van der Waals surface area contributed by atoms with Crippen LogP contribution in [0.2, 0.25) is 0 Å². The van der Waals surface area contributed by atoms with Crippen LogP contribution in [0.5, 0.6) is 0 Å². The van der Waals surface area contributed by atoms with Gasteiger partial charge in [0.2, 0.25) is 5.91 Å². The molecule has 2 heterocycles. The van der Waals surface area contributed by atoms with E-state index in [4.69, 9.17) is 5.73 Å². The number of anilines is 3. The first-order valence-corrected chi connectivity index (χ1v) is 7.24. The average Bonchev–Trinajstić information content (AvgIpc) is 3.03.